The molecule has 0 radical (unpaired) electrons. The lowest BCUT2D eigenvalue weighted by Gasteiger charge is -2.38. The minimum absolute atomic E-state index is 0.0117. The minimum atomic E-state index is -0.450. The number of benzene rings is 2. The van der Waals surface area contributed by atoms with Crippen LogP contribution in [0.2, 0.25) is 0 Å². The van der Waals surface area contributed by atoms with E-state index in [2.05, 4.69) is 28.1 Å². The molecular formula is C23H27BrN2O2. The zero-order valence-electron chi connectivity index (χ0n) is 16.7. The fourth-order valence-corrected chi connectivity index (χ4v) is 4.10. The molecule has 2 amide bonds. The maximum atomic E-state index is 13.3. The van der Waals surface area contributed by atoms with Crippen molar-refractivity contribution in [2.45, 2.75) is 45.8 Å². The summed E-state index contributed by atoms with van der Waals surface area (Å²) in [7, 11) is 1.81. The summed E-state index contributed by atoms with van der Waals surface area (Å²) in [4.78, 5) is 29.8. The summed E-state index contributed by atoms with van der Waals surface area (Å²) in [6.07, 6.45) is 1.03. The molecule has 28 heavy (non-hydrogen) atoms. The first-order valence-corrected chi connectivity index (χ1v) is 10.5. The summed E-state index contributed by atoms with van der Waals surface area (Å²) < 4.78 is 0.983. The van der Waals surface area contributed by atoms with Crippen molar-refractivity contribution in [3.05, 3.63) is 69.7 Å². The van der Waals surface area contributed by atoms with Gasteiger partial charge >= 0.3 is 0 Å². The Balaban J connectivity index is 1.84. The second-order valence-electron chi connectivity index (χ2n) is 7.89. The normalized spacial score (nSPS) is 16.0. The fourth-order valence-electron chi connectivity index (χ4n) is 3.69. The van der Waals surface area contributed by atoms with Crippen molar-refractivity contribution >= 4 is 27.7 Å². The van der Waals surface area contributed by atoms with Crippen LogP contribution in [0.15, 0.2) is 53.0 Å². The first-order chi connectivity index (χ1) is 13.4. The highest BCUT2D eigenvalue weighted by Crippen LogP contribution is 2.26. The number of amides is 2. The molecule has 0 saturated heterocycles. The van der Waals surface area contributed by atoms with E-state index in [0.29, 0.717) is 25.9 Å². The lowest BCUT2D eigenvalue weighted by Crippen LogP contribution is -2.53. The molecular weight excluding hydrogens is 416 g/mol. The highest BCUT2D eigenvalue weighted by Gasteiger charge is 2.36. The zero-order valence-corrected chi connectivity index (χ0v) is 18.3. The molecule has 148 valence electrons. The molecule has 3 rings (SSSR count). The molecule has 2 aromatic rings. The number of carbonyl (C=O) groups excluding carboxylic acids is 2. The number of halogens is 1. The Labute approximate surface area is 175 Å². The second-order valence-corrected chi connectivity index (χ2v) is 8.75. The van der Waals surface area contributed by atoms with Gasteiger partial charge in [0.2, 0.25) is 11.8 Å². The summed E-state index contributed by atoms with van der Waals surface area (Å²) >= 11 is 3.55. The van der Waals surface area contributed by atoms with Gasteiger partial charge in [-0.15, -0.1) is 0 Å². The Kier molecular flexibility index (Phi) is 6.55. The van der Waals surface area contributed by atoms with Crippen molar-refractivity contribution in [1.82, 2.24) is 9.80 Å². The number of carbonyl (C=O) groups is 2. The Morgan fingerprint density at radius 1 is 1.11 bits per heavy atom. The molecule has 0 aliphatic carbocycles. The maximum Gasteiger partial charge on any atom is 0.245 e. The highest BCUT2D eigenvalue weighted by molar-refractivity contribution is 9.10. The summed E-state index contributed by atoms with van der Waals surface area (Å²) in [6, 6.07) is 15.6. The molecule has 5 heteroatoms. The van der Waals surface area contributed by atoms with Gasteiger partial charge < -0.3 is 9.80 Å². The first-order valence-electron chi connectivity index (χ1n) is 9.71. The average Bonchev–Trinajstić information content (AvgIpc) is 2.67. The van der Waals surface area contributed by atoms with Gasteiger partial charge in [-0.3, -0.25) is 9.59 Å². The lowest BCUT2D eigenvalue weighted by molar-refractivity contribution is -0.147. The van der Waals surface area contributed by atoms with Gasteiger partial charge in [0.05, 0.1) is 0 Å². The molecule has 2 aromatic carbocycles. The van der Waals surface area contributed by atoms with Crippen LogP contribution in [0.5, 0.6) is 0 Å². The fraction of sp³-hybridized carbons (Fsp3) is 0.391. The number of likely N-dealkylation sites (N-methyl/N-ethyl adjacent to an activating group) is 1. The first kappa shape index (κ1) is 20.6. The van der Waals surface area contributed by atoms with Crippen molar-refractivity contribution in [1.29, 1.82) is 0 Å². The standard InChI is InChI=1S/C23H27BrN2O2/c1-16(2)12-22(27)26-15-18-9-5-4-8-17(18)13-21(26)23(28)25(3)14-19-10-6-7-11-20(19)24/h4-11,16,21H,12-15H2,1-3H3. The predicted octanol–water partition coefficient (Wildman–Crippen LogP) is 4.41. The number of nitrogens with zero attached hydrogens (tertiary/aromatic N) is 2. The molecule has 1 unspecified atom stereocenters. The monoisotopic (exact) mass is 442 g/mol. The smallest absolute Gasteiger partial charge is 0.245 e. The molecule has 0 fully saturated rings. The number of rotatable bonds is 5. The van der Waals surface area contributed by atoms with Crippen molar-refractivity contribution in [2.24, 2.45) is 5.92 Å². The average molecular weight is 443 g/mol. The van der Waals surface area contributed by atoms with E-state index in [-0.39, 0.29) is 17.7 Å². The summed E-state index contributed by atoms with van der Waals surface area (Å²) in [5.41, 5.74) is 3.34. The molecule has 0 bridgehead atoms. The van der Waals surface area contributed by atoms with Gasteiger partial charge in [-0.05, 0) is 28.7 Å². The van der Waals surface area contributed by atoms with Crippen LogP contribution in [0.25, 0.3) is 0 Å². The van der Waals surface area contributed by atoms with Crippen LogP contribution in [0.3, 0.4) is 0 Å². The van der Waals surface area contributed by atoms with Crippen LogP contribution in [0.1, 0.15) is 37.0 Å². The largest absolute Gasteiger partial charge is 0.340 e. The Hall–Kier alpha value is -2.14. The van der Waals surface area contributed by atoms with E-state index < -0.39 is 6.04 Å². The van der Waals surface area contributed by atoms with Crippen molar-refractivity contribution in [2.75, 3.05) is 7.05 Å². The third kappa shape index (κ3) is 4.64. The van der Waals surface area contributed by atoms with Gasteiger partial charge in [-0.25, -0.2) is 0 Å². The van der Waals surface area contributed by atoms with E-state index in [1.165, 1.54) is 0 Å². The van der Waals surface area contributed by atoms with Crippen LogP contribution in [0, 0.1) is 5.92 Å². The minimum Gasteiger partial charge on any atom is -0.340 e. The van der Waals surface area contributed by atoms with Crippen molar-refractivity contribution in [3.8, 4) is 0 Å². The molecule has 0 N–H and O–H groups in total. The van der Waals surface area contributed by atoms with E-state index in [1.807, 2.05) is 57.3 Å². The van der Waals surface area contributed by atoms with E-state index >= 15 is 0 Å². The van der Waals surface area contributed by atoms with E-state index in [0.717, 1.165) is 21.2 Å². The second kappa shape index (κ2) is 8.91. The van der Waals surface area contributed by atoms with Crippen LogP contribution in [-0.4, -0.2) is 34.7 Å². The Morgan fingerprint density at radius 3 is 2.43 bits per heavy atom. The van der Waals surface area contributed by atoms with E-state index in [9.17, 15) is 9.59 Å². The van der Waals surface area contributed by atoms with Gasteiger partial charge in [-0.2, -0.15) is 0 Å². The predicted molar refractivity (Wildman–Crippen MR) is 115 cm³/mol. The third-order valence-electron chi connectivity index (χ3n) is 5.18. The summed E-state index contributed by atoms with van der Waals surface area (Å²) in [5, 5.41) is 0. The lowest BCUT2D eigenvalue weighted by atomic mass is 9.92. The molecule has 1 heterocycles. The van der Waals surface area contributed by atoms with Crippen molar-refractivity contribution in [3.63, 3.8) is 0 Å². The van der Waals surface area contributed by atoms with Crippen molar-refractivity contribution < 1.29 is 9.59 Å². The number of hydrogen-bond acceptors (Lipinski definition) is 2. The Morgan fingerprint density at radius 2 is 1.75 bits per heavy atom. The van der Waals surface area contributed by atoms with E-state index in [1.54, 1.807) is 9.80 Å². The third-order valence-corrected chi connectivity index (χ3v) is 5.95. The molecule has 1 aliphatic heterocycles. The molecule has 1 aliphatic rings. The summed E-state index contributed by atoms with van der Waals surface area (Å²) in [6.45, 7) is 5.07. The van der Waals surface area contributed by atoms with Crippen LogP contribution in [0.4, 0.5) is 0 Å². The zero-order chi connectivity index (χ0) is 20.3. The number of fused-ring (bicyclic) bond motifs is 1. The van der Waals surface area contributed by atoms with Crippen LogP contribution >= 0.6 is 15.9 Å². The van der Waals surface area contributed by atoms with Gasteiger partial charge in [0, 0.05) is 37.5 Å². The SMILES string of the molecule is CC(C)CC(=O)N1Cc2ccccc2CC1C(=O)N(C)Cc1ccccc1Br. The van der Waals surface area contributed by atoms with Gasteiger partial charge in [0.25, 0.3) is 0 Å². The molecule has 0 saturated carbocycles. The molecule has 0 spiro atoms. The molecule has 1 atom stereocenters. The Bertz CT molecular complexity index is 865. The molecule has 4 nitrogen and oxygen atoms in total. The topological polar surface area (TPSA) is 40.6 Å². The van der Waals surface area contributed by atoms with Crippen LogP contribution in [-0.2, 0) is 29.1 Å². The quantitative estimate of drug-likeness (QED) is 0.687. The van der Waals surface area contributed by atoms with Gasteiger partial charge in [0.15, 0.2) is 0 Å². The highest BCUT2D eigenvalue weighted by atomic mass is 79.9. The molecule has 0 aromatic heterocycles. The van der Waals surface area contributed by atoms with E-state index in [4.69, 9.17) is 0 Å². The number of hydrogen-bond donors (Lipinski definition) is 0. The van der Waals surface area contributed by atoms with Gasteiger partial charge in [0.1, 0.15) is 6.04 Å². The van der Waals surface area contributed by atoms with Gasteiger partial charge in [-0.1, -0.05) is 72.2 Å². The summed E-state index contributed by atoms with van der Waals surface area (Å²) in [5.74, 6) is 0.304. The van der Waals surface area contributed by atoms with Crippen LogP contribution < -0.4 is 0 Å². The maximum absolute atomic E-state index is 13.3.